The maximum atomic E-state index is 12.5. The molecule has 0 N–H and O–H groups in total. The van der Waals surface area contributed by atoms with Crippen LogP contribution in [0.25, 0.3) is 0 Å². The van der Waals surface area contributed by atoms with Gasteiger partial charge in [-0.05, 0) is 44.7 Å². The number of esters is 2. The van der Waals surface area contributed by atoms with Crippen LogP contribution in [0, 0.1) is 5.41 Å². The Hall–Kier alpha value is -1.95. The number of carbonyl (C=O) groups is 3. The highest BCUT2D eigenvalue weighted by atomic mass is 79.9. The number of aryl methyl sites for hydroxylation is 1. The summed E-state index contributed by atoms with van der Waals surface area (Å²) in [6.07, 6.45) is 4.31. The van der Waals surface area contributed by atoms with Crippen molar-refractivity contribution in [3.63, 3.8) is 0 Å². The second-order valence-corrected chi connectivity index (χ2v) is 6.81. The molecule has 0 radical (unpaired) electrons. The summed E-state index contributed by atoms with van der Waals surface area (Å²) in [5.74, 6) is -1.30. The highest BCUT2D eigenvalue weighted by Gasteiger charge is 2.47. The summed E-state index contributed by atoms with van der Waals surface area (Å²) >= 11 is 3.29. The maximum Gasteiger partial charge on any atom is 0.323 e. The third kappa shape index (κ3) is 7.29. The van der Waals surface area contributed by atoms with Crippen molar-refractivity contribution in [1.29, 1.82) is 0 Å². The van der Waals surface area contributed by atoms with Gasteiger partial charge >= 0.3 is 11.9 Å². The quantitative estimate of drug-likeness (QED) is 0.213. The molecule has 0 aliphatic carbocycles. The van der Waals surface area contributed by atoms with E-state index in [-0.39, 0.29) is 31.8 Å². The predicted octanol–water partition coefficient (Wildman–Crippen LogP) is 4.03. The Kier molecular flexibility index (Phi) is 10.6. The Bertz CT molecular complexity index is 621. The zero-order chi connectivity index (χ0) is 20.1. The molecule has 0 bridgehead atoms. The van der Waals surface area contributed by atoms with Crippen LogP contribution in [0.5, 0.6) is 0 Å². The lowest BCUT2D eigenvalue weighted by Crippen LogP contribution is -2.42. The SMILES string of the molecule is CCOC(=O)C(C/C=C/C(=O)CCc1ccccc1)(CCBr)C(=O)OCC. The van der Waals surface area contributed by atoms with E-state index in [0.29, 0.717) is 18.2 Å². The topological polar surface area (TPSA) is 69.7 Å². The standard InChI is InChI=1S/C21H27BrO5/c1-3-26-19(24)21(15-16-22,20(25)27-4-2)14-8-11-18(23)13-12-17-9-6-5-7-10-17/h5-11H,3-4,12-16H2,1-2H3/b11-8+. The molecule has 6 heteroatoms. The molecule has 1 rings (SSSR count). The third-order valence-electron chi connectivity index (χ3n) is 4.13. The molecular formula is C21H27BrO5. The van der Waals surface area contributed by atoms with Gasteiger partial charge in [0.15, 0.2) is 11.2 Å². The van der Waals surface area contributed by atoms with Crippen molar-refractivity contribution in [1.82, 2.24) is 0 Å². The van der Waals surface area contributed by atoms with E-state index in [1.54, 1.807) is 19.9 Å². The monoisotopic (exact) mass is 438 g/mol. The molecule has 0 unspecified atom stereocenters. The average Bonchev–Trinajstić information content (AvgIpc) is 2.66. The molecule has 0 spiro atoms. The van der Waals surface area contributed by atoms with Crippen LogP contribution in [0.2, 0.25) is 0 Å². The lowest BCUT2D eigenvalue weighted by molar-refractivity contribution is -0.172. The molecule has 0 saturated heterocycles. The number of halogens is 1. The fraction of sp³-hybridized carbons (Fsp3) is 0.476. The van der Waals surface area contributed by atoms with Crippen molar-refractivity contribution in [3.05, 3.63) is 48.0 Å². The second kappa shape index (κ2) is 12.4. The maximum absolute atomic E-state index is 12.5. The summed E-state index contributed by atoms with van der Waals surface area (Å²) in [7, 11) is 0. The van der Waals surface area contributed by atoms with Crippen LogP contribution in [0.1, 0.15) is 38.7 Å². The van der Waals surface area contributed by atoms with Gasteiger partial charge in [0.05, 0.1) is 13.2 Å². The third-order valence-corrected chi connectivity index (χ3v) is 4.52. The van der Waals surface area contributed by atoms with Crippen LogP contribution < -0.4 is 0 Å². The van der Waals surface area contributed by atoms with Crippen molar-refractivity contribution in [2.24, 2.45) is 5.41 Å². The van der Waals surface area contributed by atoms with Gasteiger partial charge < -0.3 is 9.47 Å². The molecule has 0 aliphatic heterocycles. The number of ether oxygens (including phenoxy) is 2. The van der Waals surface area contributed by atoms with Crippen LogP contribution >= 0.6 is 15.9 Å². The van der Waals surface area contributed by atoms with Crippen LogP contribution in [0.15, 0.2) is 42.5 Å². The average molecular weight is 439 g/mol. The Morgan fingerprint density at radius 3 is 2.15 bits per heavy atom. The molecule has 27 heavy (non-hydrogen) atoms. The van der Waals surface area contributed by atoms with Gasteiger partial charge in [-0.3, -0.25) is 14.4 Å². The van der Waals surface area contributed by atoms with Gasteiger partial charge in [0, 0.05) is 11.8 Å². The number of carbonyl (C=O) groups excluding carboxylic acids is 3. The molecule has 0 aliphatic rings. The molecule has 5 nitrogen and oxygen atoms in total. The van der Waals surface area contributed by atoms with Crippen LogP contribution in [0.4, 0.5) is 0 Å². The summed E-state index contributed by atoms with van der Waals surface area (Å²) in [6.45, 7) is 3.71. The molecule has 0 amide bonds. The van der Waals surface area contributed by atoms with Crippen LogP contribution in [-0.2, 0) is 30.3 Å². The van der Waals surface area contributed by atoms with E-state index in [1.165, 1.54) is 6.08 Å². The highest BCUT2D eigenvalue weighted by Crippen LogP contribution is 2.32. The molecule has 0 fully saturated rings. The smallest absolute Gasteiger partial charge is 0.323 e. The van der Waals surface area contributed by atoms with Gasteiger partial charge in [-0.15, -0.1) is 0 Å². The number of hydrogen-bond acceptors (Lipinski definition) is 5. The minimum Gasteiger partial charge on any atom is -0.465 e. The van der Waals surface area contributed by atoms with E-state index in [4.69, 9.17) is 9.47 Å². The van der Waals surface area contributed by atoms with Crippen molar-refractivity contribution >= 4 is 33.7 Å². The predicted molar refractivity (Wildman–Crippen MR) is 108 cm³/mol. The molecular weight excluding hydrogens is 412 g/mol. The zero-order valence-corrected chi connectivity index (χ0v) is 17.5. The van der Waals surface area contributed by atoms with Crippen molar-refractivity contribution in [2.75, 3.05) is 18.5 Å². The van der Waals surface area contributed by atoms with E-state index < -0.39 is 17.4 Å². The Labute approximate surface area is 169 Å². The molecule has 1 aromatic rings. The largest absolute Gasteiger partial charge is 0.465 e. The number of alkyl halides is 1. The second-order valence-electron chi connectivity index (χ2n) is 6.02. The Balaban J connectivity index is 2.81. The minimum atomic E-state index is -1.44. The first-order chi connectivity index (χ1) is 13.0. The van der Waals surface area contributed by atoms with Crippen molar-refractivity contribution in [2.45, 2.75) is 39.5 Å². The normalized spacial score (nSPS) is 11.4. The van der Waals surface area contributed by atoms with E-state index in [9.17, 15) is 14.4 Å². The number of hydrogen-bond donors (Lipinski definition) is 0. The lowest BCUT2D eigenvalue weighted by Gasteiger charge is -2.27. The number of benzene rings is 1. The summed E-state index contributed by atoms with van der Waals surface area (Å²) < 4.78 is 10.2. The summed E-state index contributed by atoms with van der Waals surface area (Å²) in [6, 6.07) is 9.74. The Morgan fingerprint density at radius 1 is 1.04 bits per heavy atom. The molecule has 148 valence electrons. The number of rotatable bonds is 12. The van der Waals surface area contributed by atoms with Gasteiger partial charge in [0.25, 0.3) is 0 Å². The van der Waals surface area contributed by atoms with Crippen molar-refractivity contribution in [3.8, 4) is 0 Å². The van der Waals surface area contributed by atoms with E-state index in [0.717, 1.165) is 5.56 Å². The summed E-state index contributed by atoms with van der Waals surface area (Å²) in [5, 5.41) is 0.431. The Morgan fingerprint density at radius 2 is 1.63 bits per heavy atom. The van der Waals surface area contributed by atoms with Crippen LogP contribution in [-0.4, -0.2) is 36.3 Å². The van der Waals surface area contributed by atoms with E-state index >= 15 is 0 Å². The first kappa shape index (κ1) is 23.1. The summed E-state index contributed by atoms with van der Waals surface area (Å²) in [4.78, 5) is 37.1. The number of ketones is 1. The first-order valence-corrected chi connectivity index (χ1v) is 10.3. The van der Waals surface area contributed by atoms with Crippen molar-refractivity contribution < 1.29 is 23.9 Å². The van der Waals surface area contributed by atoms with Gasteiger partial charge in [0.1, 0.15) is 0 Å². The van der Waals surface area contributed by atoms with Gasteiger partial charge in [-0.25, -0.2) is 0 Å². The van der Waals surface area contributed by atoms with Crippen LogP contribution in [0.3, 0.4) is 0 Å². The molecule has 0 saturated carbocycles. The molecule has 0 aromatic heterocycles. The van der Waals surface area contributed by atoms with E-state index in [1.807, 2.05) is 30.3 Å². The fourth-order valence-corrected chi connectivity index (χ4v) is 3.32. The zero-order valence-electron chi connectivity index (χ0n) is 15.9. The lowest BCUT2D eigenvalue weighted by atomic mass is 9.81. The molecule has 0 atom stereocenters. The first-order valence-electron chi connectivity index (χ1n) is 9.13. The van der Waals surface area contributed by atoms with Gasteiger partial charge in [0.2, 0.25) is 0 Å². The number of allylic oxidation sites excluding steroid dienone is 2. The highest BCUT2D eigenvalue weighted by molar-refractivity contribution is 9.09. The van der Waals surface area contributed by atoms with Gasteiger partial charge in [-0.2, -0.15) is 0 Å². The summed E-state index contributed by atoms with van der Waals surface area (Å²) in [5.41, 5.74) is -0.350. The molecule has 1 aromatic carbocycles. The minimum absolute atomic E-state index is 0.0562. The van der Waals surface area contributed by atoms with Gasteiger partial charge in [-0.1, -0.05) is 52.3 Å². The van der Waals surface area contributed by atoms with E-state index in [2.05, 4.69) is 15.9 Å². The molecule has 0 heterocycles. The fourth-order valence-electron chi connectivity index (χ4n) is 2.64.